The predicted octanol–water partition coefficient (Wildman–Crippen LogP) is 1.65. The number of anilines is 1. The second-order valence-corrected chi connectivity index (χ2v) is 4.65. The molecule has 21 heavy (non-hydrogen) atoms. The summed E-state index contributed by atoms with van der Waals surface area (Å²) in [6.07, 6.45) is 2.10. The Morgan fingerprint density at radius 3 is 2.95 bits per heavy atom. The van der Waals surface area contributed by atoms with E-state index in [0.717, 1.165) is 5.39 Å². The molecule has 0 aliphatic carbocycles. The Morgan fingerprint density at radius 1 is 1.33 bits per heavy atom. The van der Waals surface area contributed by atoms with E-state index in [9.17, 15) is 9.50 Å². The summed E-state index contributed by atoms with van der Waals surface area (Å²) in [5.41, 5.74) is 0.939. The van der Waals surface area contributed by atoms with Gasteiger partial charge in [-0.2, -0.15) is 5.10 Å². The molecule has 2 aromatic heterocycles. The summed E-state index contributed by atoms with van der Waals surface area (Å²) in [4.78, 5) is 8.26. The lowest BCUT2D eigenvalue weighted by Crippen LogP contribution is -2.14. The van der Waals surface area contributed by atoms with Crippen LogP contribution in [0.15, 0.2) is 36.8 Å². The molecule has 0 fully saturated rings. The van der Waals surface area contributed by atoms with Crippen molar-refractivity contribution in [1.29, 1.82) is 0 Å². The summed E-state index contributed by atoms with van der Waals surface area (Å²) in [7, 11) is 1.79. The number of aliphatic hydroxyl groups excluding tert-OH is 1. The monoisotopic (exact) mass is 287 g/mol. The van der Waals surface area contributed by atoms with Crippen molar-refractivity contribution in [2.75, 3.05) is 11.9 Å². The number of nitrogens with one attached hydrogen (secondary N) is 1. The molecule has 0 bridgehead atoms. The van der Waals surface area contributed by atoms with Crippen LogP contribution in [0.4, 0.5) is 10.2 Å². The molecule has 3 rings (SSSR count). The molecule has 1 atom stereocenters. The molecule has 0 saturated heterocycles. The molecule has 2 N–H and O–H groups in total. The van der Waals surface area contributed by atoms with E-state index in [-0.39, 0.29) is 12.1 Å². The minimum atomic E-state index is -0.965. The van der Waals surface area contributed by atoms with Gasteiger partial charge < -0.3 is 10.4 Å². The Morgan fingerprint density at radius 2 is 2.14 bits per heavy atom. The van der Waals surface area contributed by atoms with Crippen molar-refractivity contribution >= 4 is 16.9 Å². The van der Waals surface area contributed by atoms with E-state index in [1.165, 1.54) is 12.4 Å². The first-order valence-electron chi connectivity index (χ1n) is 6.46. The zero-order valence-corrected chi connectivity index (χ0v) is 11.4. The molecule has 0 aliphatic heterocycles. The van der Waals surface area contributed by atoms with E-state index < -0.39 is 11.9 Å². The molecular weight excluding hydrogens is 273 g/mol. The average Bonchev–Trinajstić information content (AvgIpc) is 2.87. The van der Waals surface area contributed by atoms with Crippen molar-refractivity contribution in [2.24, 2.45) is 7.05 Å². The summed E-state index contributed by atoms with van der Waals surface area (Å²) < 4.78 is 15.2. The SMILES string of the molecule is Cn1ncc2c(NCC(O)c3ccccc3F)ncnc21. The Balaban J connectivity index is 1.79. The molecule has 0 radical (unpaired) electrons. The van der Waals surface area contributed by atoms with Crippen LogP contribution in [0.1, 0.15) is 11.7 Å². The molecule has 1 aromatic carbocycles. The lowest BCUT2D eigenvalue weighted by Gasteiger charge is -2.13. The van der Waals surface area contributed by atoms with Crippen molar-refractivity contribution in [3.05, 3.63) is 48.2 Å². The number of fused-ring (bicyclic) bond motifs is 1. The molecular formula is C14H14FN5O. The zero-order valence-electron chi connectivity index (χ0n) is 11.4. The van der Waals surface area contributed by atoms with Crippen LogP contribution in [-0.2, 0) is 7.05 Å². The molecule has 3 aromatic rings. The second-order valence-electron chi connectivity index (χ2n) is 4.65. The maximum absolute atomic E-state index is 13.6. The Hall–Kier alpha value is -2.54. The van der Waals surface area contributed by atoms with Crippen LogP contribution < -0.4 is 5.32 Å². The van der Waals surface area contributed by atoms with Crippen molar-refractivity contribution in [3.63, 3.8) is 0 Å². The smallest absolute Gasteiger partial charge is 0.163 e. The van der Waals surface area contributed by atoms with Crippen LogP contribution in [0.2, 0.25) is 0 Å². The Bertz CT molecular complexity index is 773. The maximum Gasteiger partial charge on any atom is 0.163 e. The van der Waals surface area contributed by atoms with Crippen LogP contribution in [0, 0.1) is 5.82 Å². The summed E-state index contributed by atoms with van der Waals surface area (Å²) in [6, 6.07) is 6.15. The third-order valence-electron chi connectivity index (χ3n) is 3.26. The first-order valence-corrected chi connectivity index (χ1v) is 6.46. The third-order valence-corrected chi connectivity index (χ3v) is 3.26. The normalized spacial score (nSPS) is 12.5. The van der Waals surface area contributed by atoms with Gasteiger partial charge in [-0.1, -0.05) is 18.2 Å². The number of hydrogen-bond acceptors (Lipinski definition) is 5. The van der Waals surface area contributed by atoms with Gasteiger partial charge >= 0.3 is 0 Å². The Kier molecular flexibility index (Phi) is 3.49. The number of aromatic nitrogens is 4. The second kappa shape index (κ2) is 5.45. The number of rotatable bonds is 4. The topological polar surface area (TPSA) is 75.9 Å². The number of nitrogens with zero attached hydrogens (tertiary/aromatic N) is 4. The number of aliphatic hydroxyl groups is 1. The van der Waals surface area contributed by atoms with Crippen molar-refractivity contribution in [1.82, 2.24) is 19.7 Å². The van der Waals surface area contributed by atoms with Gasteiger partial charge in [-0.3, -0.25) is 4.68 Å². The van der Waals surface area contributed by atoms with Crippen molar-refractivity contribution in [2.45, 2.75) is 6.10 Å². The molecule has 2 heterocycles. The van der Waals surface area contributed by atoms with Gasteiger partial charge in [0.15, 0.2) is 5.65 Å². The number of aryl methyl sites for hydroxylation is 1. The van der Waals surface area contributed by atoms with Gasteiger partial charge in [0.25, 0.3) is 0 Å². The molecule has 0 saturated carbocycles. The highest BCUT2D eigenvalue weighted by Gasteiger charge is 2.13. The van der Waals surface area contributed by atoms with E-state index in [1.807, 2.05) is 0 Å². The lowest BCUT2D eigenvalue weighted by molar-refractivity contribution is 0.186. The minimum absolute atomic E-state index is 0.141. The van der Waals surface area contributed by atoms with Gasteiger partial charge in [-0.25, -0.2) is 14.4 Å². The predicted molar refractivity (Wildman–Crippen MR) is 76.2 cm³/mol. The molecule has 0 spiro atoms. The largest absolute Gasteiger partial charge is 0.386 e. The van der Waals surface area contributed by atoms with Crippen LogP contribution in [0.25, 0.3) is 11.0 Å². The fourth-order valence-corrected chi connectivity index (χ4v) is 2.15. The molecule has 0 aliphatic rings. The maximum atomic E-state index is 13.6. The Labute approximate surface area is 120 Å². The van der Waals surface area contributed by atoms with Gasteiger partial charge in [0.05, 0.1) is 17.7 Å². The van der Waals surface area contributed by atoms with Gasteiger partial charge in [0.1, 0.15) is 18.0 Å². The van der Waals surface area contributed by atoms with Crippen LogP contribution in [0.5, 0.6) is 0 Å². The van der Waals surface area contributed by atoms with Crippen LogP contribution in [0.3, 0.4) is 0 Å². The van der Waals surface area contributed by atoms with Gasteiger partial charge in [-0.05, 0) is 6.07 Å². The van der Waals surface area contributed by atoms with Gasteiger partial charge in [-0.15, -0.1) is 0 Å². The number of hydrogen-bond donors (Lipinski definition) is 2. The number of halogens is 1. The van der Waals surface area contributed by atoms with Gasteiger partial charge in [0, 0.05) is 19.2 Å². The summed E-state index contributed by atoms with van der Waals surface area (Å²) in [5.74, 6) is 0.129. The van der Waals surface area contributed by atoms with E-state index in [4.69, 9.17) is 0 Å². The highest BCUT2D eigenvalue weighted by atomic mass is 19.1. The third kappa shape index (κ3) is 2.55. The first kappa shape index (κ1) is 13.4. The minimum Gasteiger partial charge on any atom is -0.386 e. The highest BCUT2D eigenvalue weighted by molar-refractivity contribution is 5.85. The molecule has 6 nitrogen and oxygen atoms in total. The van der Waals surface area contributed by atoms with Crippen LogP contribution >= 0.6 is 0 Å². The molecule has 108 valence electrons. The fourth-order valence-electron chi connectivity index (χ4n) is 2.15. The molecule has 0 amide bonds. The molecule has 7 heteroatoms. The van der Waals surface area contributed by atoms with E-state index >= 15 is 0 Å². The summed E-state index contributed by atoms with van der Waals surface area (Å²) in [6.45, 7) is 0.141. The van der Waals surface area contributed by atoms with E-state index in [2.05, 4.69) is 20.4 Å². The van der Waals surface area contributed by atoms with E-state index in [1.54, 1.807) is 36.1 Å². The standard InChI is InChI=1S/C14H14FN5O/c1-20-14-10(6-19-20)13(17-8-18-14)16-7-12(21)9-4-2-3-5-11(9)15/h2-6,8,12,21H,7H2,1H3,(H,16,17,18). The zero-order chi connectivity index (χ0) is 14.8. The highest BCUT2D eigenvalue weighted by Crippen LogP contribution is 2.20. The summed E-state index contributed by atoms with van der Waals surface area (Å²) in [5, 5.41) is 17.9. The van der Waals surface area contributed by atoms with E-state index in [0.29, 0.717) is 11.5 Å². The molecule has 1 unspecified atom stereocenters. The summed E-state index contributed by atoms with van der Waals surface area (Å²) >= 11 is 0. The van der Waals surface area contributed by atoms with Crippen LogP contribution in [-0.4, -0.2) is 31.4 Å². The van der Waals surface area contributed by atoms with Crippen molar-refractivity contribution in [3.8, 4) is 0 Å². The lowest BCUT2D eigenvalue weighted by atomic mass is 10.1. The average molecular weight is 287 g/mol. The quantitative estimate of drug-likeness (QED) is 0.763. The van der Waals surface area contributed by atoms with Gasteiger partial charge in [0.2, 0.25) is 0 Å². The number of benzene rings is 1. The first-order chi connectivity index (χ1) is 10.2. The van der Waals surface area contributed by atoms with Crippen molar-refractivity contribution < 1.29 is 9.50 Å². The fraction of sp³-hybridized carbons (Fsp3) is 0.214.